The first-order valence-electron chi connectivity index (χ1n) is 2.97. The molecule has 0 aromatic heterocycles. The molecule has 0 saturated carbocycles. The highest BCUT2D eigenvalue weighted by atomic mass is 17.0. The van der Waals surface area contributed by atoms with Crippen LogP contribution in [0.3, 0.4) is 0 Å². The Kier molecular flexibility index (Phi) is 0.959. The van der Waals surface area contributed by atoms with Gasteiger partial charge in [-0.05, 0) is 0 Å². The van der Waals surface area contributed by atoms with Crippen LogP contribution in [-0.4, -0.2) is 29.9 Å². The van der Waals surface area contributed by atoms with Gasteiger partial charge in [0.15, 0.2) is 6.10 Å². The molecule has 1 spiro atoms. The van der Waals surface area contributed by atoms with Crippen LogP contribution in [0.15, 0.2) is 0 Å². The maximum Gasteiger partial charge on any atom is 0.518 e. The number of aliphatic hydroxyl groups is 1. The van der Waals surface area contributed by atoms with Crippen molar-refractivity contribution in [2.75, 3.05) is 6.61 Å². The lowest BCUT2D eigenvalue weighted by molar-refractivity contribution is -0.410. The molecule has 5 nitrogen and oxygen atoms in total. The van der Waals surface area contributed by atoms with Crippen molar-refractivity contribution in [1.29, 1.82) is 0 Å². The van der Waals surface area contributed by atoms with Crippen molar-refractivity contribution in [2.45, 2.75) is 18.5 Å². The largest absolute Gasteiger partial charge is 0.518 e. The summed E-state index contributed by atoms with van der Waals surface area (Å²) < 4.78 is 13.8. The molecule has 0 amide bonds. The van der Waals surface area contributed by atoms with E-state index in [4.69, 9.17) is 9.84 Å². The van der Waals surface area contributed by atoms with Crippen molar-refractivity contribution in [1.82, 2.24) is 0 Å². The van der Waals surface area contributed by atoms with Crippen molar-refractivity contribution in [3.05, 3.63) is 0 Å². The summed E-state index contributed by atoms with van der Waals surface area (Å²) in [5.74, 6) is -1.45. The summed E-state index contributed by atoms with van der Waals surface area (Å²) in [6.07, 6.45) is -1.20. The van der Waals surface area contributed by atoms with Crippen molar-refractivity contribution in [3.63, 3.8) is 0 Å². The fourth-order valence-corrected chi connectivity index (χ4v) is 1.02. The van der Waals surface area contributed by atoms with E-state index in [1.165, 1.54) is 0 Å². The molecule has 2 heterocycles. The van der Waals surface area contributed by atoms with E-state index < -0.39 is 18.2 Å². The Labute approximate surface area is 56.5 Å². The van der Waals surface area contributed by atoms with Gasteiger partial charge in [-0.2, -0.15) is 0 Å². The van der Waals surface area contributed by atoms with E-state index >= 15 is 0 Å². The topological polar surface area (TPSA) is 65.0 Å². The zero-order valence-electron chi connectivity index (χ0n) is 5.07. The third kappa shape index (κ3) is 0.559. The minimum Gasteiger partial charge on any atom is -0.382 e. The first-order chi connectivity index (χ1) is 4.73. The van der Waals surface area contributed by atoms with Crippen molar-refractivity contribution in [2.24, 2.45) is 0 Å². The summed E-state index contributed by atoms with van der Waals surface area (Å²) in [7, 11) is 0. The molecule has 0 aromatic carbocycles. The third-order valence-corrected chi connectivity index (χ3v) is 1.55. The van der Waals surface area contributed by atoms with E-state index in [0.717, 1.165) is 0 Å². The summed E-state index contributed by atoms with van der Waals surface area (Å²) >= 11 is 0. The fraction of sp³-hybridized carbons (Fsp3) is 0.800. The molecule has 2 aliphatic heterocycles. The van der Waals surface area contributed by atoms with E-state index in [1.807, 2.05) is 0 Å². The van der Waals surface area contributed by atoms with E-state index in [1.54, 1.807) is 0 Å². The van der Waals surface area contributed by atoms with Gasteiger partial charge >= 0.3 is 12.1 Å². The van der Waals surface area contributed by atoms with Gasteiger partial charge in [-0.3, -0.25) is 0 Å². The van der Waals surface area contributed by atoms with E-state index in [0.29, 0.717) is 13.0 Å². The molecule has 0 bridgehead atoms. The van der Waals surface area contributed by atoms with Crippen molar-refractivity contribution in [3.8, 4) is 0 Å². The normalized spacial score (nSPS) is 34.9. The Morgan fingerprint density at radius 2 is 2.30 bits per heavy atom. The first-order valence-corrected chi connectivity index (χ1v) is 2.97. The third-order valence-electron chi connectivity index (χ3n) is 1.55. The number of hydrogen-bond acceptors (Lipinski definition) is 5. The van der Waals surface area contributed by atoms with Crippen LogP contribution in [0, 0.1) is 0 Å². The SMILES string of the molecule is O=C1OC2(OCCC2O)O1. The summed E-state index contributed by atoms with van der Waals surface area (Å²) in [6.45, 7) is 0.356. The second kappa shape index (κ2) is 1.62. The van der Waals surface area contributed by atoms with Gasteiger partial charge in [-0.15, -0.1) is 0 Å². The second-order valence-electron chi connectivity index (χ2n) is 2.21. The molecule has 0 aromatic rings. The number of carbonyl (C=O) groups is 1. The van der Waals surface area contributed by atoms with Crippen molar-refractivity contribution >= 4 is 6.16 Å². The maximum absolute atomic E-state index is 10.2. The molecule has 0 aliphatic carbocycles. The lowest BCUT2D eigenvalue weighted by Gasteiger charge is -2.36. The standard InChI is InChI=1S/C5H6O5/c6-3-1-2-8-5(3)9-4(7)10-5/h3,6H,1-2H2. The van der Waals surface area contributed by atoms with E-state index in [2.05, 4.69) is 9.47 Å². The summed E-state index contributed by atoms with van der Waals surface area (Å²) in [6, 6.07) is 0. The van der Waals surface area contributed by atoms with Gasteiger partial charge in [0.05, 0.1) is 6.61 Å². The van der Waals surface area contributed by atoms with Gasteiger partial charge < -0.3 is 19.3 Å². The van der Waals surface area contributed by atoms with Gasteiger partial charge in [0.25, 0.3) is 0 Å². The fourth-order valence-electron chi connectivity index (χ4n) is 1.02. The van der Waals surface area contributed by atoms with Gasteiger partial charge in [0.2, 0.25) is 0 Å². The predicted molar refractivity (Wildman–Crippen MR) is 26.9 cm³/mol. The maximum atomic E-state index is 10.2. The molecule has 2 rings (SSSR count). The smallest absolute Gasteiger partial charge is 0.382 e. The van der Waals surface area contributed by atoms with Gasteiger partial charge in [0.1, 0.15) is 0 Å². The number of rotatable bonds is 0. The van der Waals surface area contributed by atoms with Gasteiger partial charge in [0, 0.05) is 6.42 Å². The summed E-state index contributed by atoms with van der Waals surface area (Å²) in [4.78, 5) is 10.2. The molecule has 1 N–H and O–H groups in total. The Morgan fingerprint density at radius 1 is 1.60 bits per heavy atom. The molecule has 56 valence electrons. The highest BCUT2D eigenvalue weighted by Crippen LogP contribution is 2.36. The average molecular weight is 146 g/mol. The Balaban J connectivity index is 2.09. The molecule has 1 unspecified atom stereocenters. The Hall–Kier alpha value is -0.810. The van der Waals surface area contributed by atoms with Gasteiger partial charge in [-0.25, -0.2) is 4.79 Å². The number of aliphatic hydroxyl groups excluding tert-OH is 1. The van der Waals surface area contributed by atoms with E-state index in [9.17, 15) is 4.79 Å². The monoisotopic (exact) mass is 146 g/mol. The summed E-state index contributed by atoms with van der Waals surface area (Å²) in [5, 5.41) is 9.09. The summed E-state index contributed by atoms with van der Waals surface area (Å²) in [5.41, 5.74) is 0. The molecule has 2 aliphatic rings. The van der Waals surface area contributed by atoms with Crippen LogP contribution in [0.25, 0.3) is 0 Å². The molecule has 0 radical (unpaired) electrons. The minimum atomic E-state index is -1.45. The molecular weight excluding hydrogens is 140 g/mol. The van der Waals surface area contributed by atoms with Crippen LogP contribution in [0.4, 0.5) is 4.79 Å². The molecule has 2 saturated heterocycles. The zero-order chi connectivity index (χ0) is 7.19. The van der Waals surface area contributed by atoms with Crippen LogP contribution in [0.5, 0.6) is 0 Å². The lowest BCUT2D eigenvalue weighted by atomic mass is 10.2. The number of hydrogen-bond donors (Lipinski definition) is 1. The van der Waals surface area contributed by atoms with Gasteiger partial charge in [-0.1, -0.05) is 0 Å². The van der Waals surface area contributed by atoms with Crippen LogP contribution < -0.4 is 0 Å². The second-order valence-corrected chi connectivity index (χ2v) is 2.21. The van der Waals surface area contributed by atoms with Crippen LogP contribution in [-0.2, 0) is 14.2 Å². The van der Waals surface area contributed by atoms with Crippen LogP contribution in [0.2, 0.25) is 0 Å². The predicted octanol–water partition coefficient (Wildman–Crippen LogP) is -0.412. The lowest BCUT2D eigenvalue weighted by Crippen LogP contribution is -2.56. The quantitative estimate of drug-likeness (QED) is 0.470. The molecule has 2 fully saturated rings. The minimum absolute atomic E-state index is 0.356. The molecule has 10 heavy (non-hydrogen) atoms. The average Bonchev–Trinajstić information content (AvgIpc) is 2.12. The molecule has 5 heteroatoms. The van der Waals surface area contributed by atoms with Crippen LogP contribution in [0.1, 0.15) is 6.42 Å². The number of carbonyl (C=O) groups excluding carboxylic acids is 1. The molecular formula is C5H6O5. The Morgan fingerprint density at radius 3 is 2.70 bits per heavy atom. The first kappa shape index (κ1) is 5.94. The zero-order valence-corrected chi connectivity index (χ0v) is 5.07. The highest BCUT2D eigenvalue weighted by molar-refractivity contribution is 5.65. The molecule has 1 atom stereocenters. The number of ether oxygens (including phenoxy) is 3. The van der Waals surface area contributed by atoms with Crippen molar-refractivity contribution < 1.29 is 24.1 Å². The Bertz CT molecular complexity index is 169. The van der Waals surface area contributed by atoms with Crippen LogP contribution >= 0.6 is 0 Å². The van der Waals surface area contributed by atoms with E-state index in [-0.39, 0.29) is 0 Å². The highest BCUT2D eigenvalue weighted by Gasteiger charge is 2.59.